The highest BCUT2D eigenvalue weighted by atomic mass is 19.1. The minimum absolute atomic E-state index is 0.00431. The number of likely N-dealkylation sites (N-methyl/N-ethyl adjacent to an activating group) is 1. The highest BCUT2D eigenvalue weighted by molar-refractivity contribution is 5.99. The summed E-state index contributed by atoms with van der Waals surface area (Å²) in [5, 5.41) is 8.83. The Bertz CT molecular complexity index is 1750. The lowest BCUT2D eigenvalue weighted by Gasteiger charge is -2.13. The van der Waals surface area contributed by atoms with Crippen LogP contribution in [0.25, 0.3) is 33.0 Å². The first kappa shape index (κ1) is 21.8. The van der Waals surface area contributed by atoms with Crippen molar-refractivity contribution in [2.75, 3.05) is 24.6 Å². The second kappa shape index (κ2) is 7.94. The smallest absolute Gasteiger partial charge is 0.408 e. The third-order valence-corrected chi connectivity index (χ3v) is 6.59. The molecule has 182 valence electrons. The van der Waals surface area contributed by atoms with Crippen molar-refractivity contribution in [3.05, 3.63) is 64.2 Å². The van der Waals surface area contributed by atoms with E-state index in [1.807, 2.05) is 13.0 Å². The molecule has 0 radical (unpaired) electrons. The Balaban J connectivity index is 1.39. The molecule has 0 unspecified atom stereocenters. The van der Waals surface area contributed by atoms with Crippen molar-refractivity contribution in [3.8, 4) is 11.1 Å². The number of nitrogens with two attached hydrogens (primary N) is 1. The van der Waals surface area contributed by atoms with Crippen LogP contribution in [-0.4, -0.2) is 44.1 Å². The van der Waals surface area contributed by atoms with Crippen molar-refractivity contribution in [2.45, 2.75) is 19.9 Å². The van der Waals surface area contributed by atoms with Gasteiger partial charge in [-0.3, -0.25) is 14.5 Å². The van der Waals surface area contributed by atoms with Crippen molar-refractivity contribution in [3.63, 3.8) is 0 Å². The maximum atomic E-state index is 15.4. The van der Waals surface area contributed by atoms with E-state index in [2.05, 4.69) is 20.4 Å². The number of H-pyrrole nitrogens is 1. The molecule has 4 N–H and O–H groups in total. The third kappa shape index (κ3) is 3.56. The Morgan fingerprint density at radius 1 is 1.14 bits per heavy atom. The molecule has 0 fully saturated rings. The maximum absolute atomic E-state index is 15.4. The average Bonchev–Trinajstić information content (AvgIpc) is 3.36. The number of hydrogen-bond acceptors (Lipinski definition) is 7. The van der Waals surface area contributed by atoms with Gasteiger partial charge in [0.2, 0.25) is 5.91 Å². The zero-order valence-electron chi connectivity index (χ0n) is 19.6. The number of rotatable bonds is 3. The summed E-state index contributed by atoms with van der Waals surface area (Å²) < 4.78 is 22.2. The maximum Gasteiger partial charge on any atom is 0.417 e. The van der Waals surface area contributed by atoms with Crippen molar-refractivity contribution >= 4 is 45.1 Å². The molecule has 1 aliphatic heterocycles. The lowest BCUT2D eigenvalue weighted by Crippen LogP contribution is -2.29. The quantitative estimate of drug-likeness (QED) is 0.332. The molecule has 5 aromatic rings. The van der Waals surface area contributed by atoms with Gasteiger partial charge in [0.1, 0.15) is 12.4 Å². The third-order valence-electron chi connectivity index (χ3n) is 6.59. The van der Waals surface area contributed by atoms with Gasteiger partial charge < -0.3 is 20.4 Å². The SMILES string of the molecule is Cc1cc2[nH]c(=O)oc2cc1-c1cc2cc(Nc3cc4n(n3)CC(=O)N(C)CC4)ncc2c(N)c1F. The number of benzene rings is 2. The number of nitrogens with one attached hydrogen (secondary N) is 2. The van der Waals surface area contributed by atoms with Gasteiger partial charge in [0.25, 0.3) is 0 Å². The Labute approximate surface area is 203 Å². The Morgan fingerprint density at radius 2 is 1.97 bits per heavy atom. The molecule has 11 heteroatoms. The molecule has 1 amide bonds. The molecule has 10 nitrogen and oxygen atoms in total. The molecule has 0 bridgehead atoms. The first-order chi connectivity index (χ1) is 17.3. The van der Waals surface area contributed by atoms with Gasteiger partial charge >= 0.3 is 5.76 Å². The fraction of sp³-hybridized carbons (Fsp3) is 0.200. The highest BCUT2D eigenvalue weighted by Gasteiger charge is 2.20. The van der Waals surface area contributed by atoms with E-state index in [1.54, 1.807) is 40.9 Å². The Kier molecular flexibility index (Phi) is 4.82. The number of oxazole rings is 1. The largest absolute Gasteiger partial charge is 0.417 e. The number of halogens is 1. The number of pyridine rings is 1. The lowest BCUT2D eigenvalue weighted by atomic mass is 9.96. The van der Waals surface area contributed by atoms with E-state index < -0.39 is 11.6 Å². The van der Waals surface area contributed by atoms with Crippen LogP contribution in [0, 0.1) is 12.7 Å². The Morgan fingerprint density at radius 3 is 2.81 bits per heavy atom. The molecular formula is C25H22FN7O3. The van der Waals surface area contributed by atoms with Crippen LogP contribution in [-0.2, 0) is 17.8 Å². The summed E-state index contributed by atoms with van der Waals surface area (Å²) in [6, 6.07) is 8.72. The summed E-state index contributed by atoms with van der Waals surface area (Å²) >= 11 is 0. The number of hydrogen-bond donors (Lipinski definition) is 3. The molecule has 0 spiro atoms. The summed E-state index contributed by atoms with van der Waals surface area (Å²) in [6.07, 6.45) is 2.22. The number of nitrogen functional groups attached to an aromatic ring is 1. The first-order valence-electron chi connectivity index (χ1n) is 11.4. The van der Waals surface area contributed by atoms with Crippen LogP contribution in [0.4, 0.5) is 21.7 Å². The number of nitrogens with zero attached hydrogens (tertiary/aromatic N) is 4. The molecule has 2 aromatic carbocycles. The molecule has 0 atom stereocenters. The number of carbonyl (C=O) groups excluding carboxylic acids is 1. The van der Waals surface area contributed by atoms with Crippen molar-refractivity contribution in [2.24, 2.45) is 0 Å². The monoisotopic (exact) mass is 487 g/mol. The fourth-order valence-electron chi connectivity index (χ4n) is 4.60. The first-order valence-corrected chi connectivity index (χ1v) is 11.4. The van der Waals surface area contributed by atoms with Gasteiger partial charge in [-0.1, -0.05) is 0 Å². The summed E-state index contributed by atoms with van der Waals surface area (Å²) in [5.41, 5.74) is 9.58. The van der Waals surface area contributed by atoms with Crippen LogP contribution >= 0.6 is 0 Å². The molecule has 4 heterocycles. The van der Waals surface area contributed by atoms with Gasteiger partial charge in [0, 0.05) is 48.9 Å². The van der Waals surface area contributed by atoms with Crippen LogP contribution in [0.5, 0.6) is 0 Å². The van der Waals surface area contributed by atoms with Crippen molar-refractivity contribution in [1.29, 1.82) is 0 Å². The van der Waals surface area contributed by atoms with Gasteiger partial charge in [-0.25, -0.2) is 14.2 Å². The van der Waals surface area contributed by atoms with E-state index in [4.69, 9.17) is 10.2 Å². The number of aryl methyl sites for hydroxylation is 1. The Hall–Kier alpha value is -4.67. The van der Waals surface area contributed by atoms with Gasteiger partial charge in [-0.05, 0) is 47.7 Å². The number of aromatic amines is 1. The summed E-state index contributed by atoms with van der Waals surface area (Å²) in [4.78, 5) is 32.4. The predicted molar refractivity (Wildman–Crippen MR) is 134 cm³/mol. The lowest BCUT2D eigenvalue weighted by molar-refractivity contribution is -0.130. The van der Waals surface area contributed by atoms with Crippen molar-refractivity contribution < 1.29 is 13.6 Å². The number of amides is 1. The van der Waals surface area contributed by atoms with Gasteiger partial charge in [0.15, 0.2) is 17.2 Å². The molecule has 3 aromatic heterocycles. The average molecular weight is 487 g/mol. The zero-order valence-corrected chi connectivity index (χ0v) is 19.6. The molecule has 0 saturated carbocycles. The number of carbonyl (C=O) groups is 1. The fourth-order valence-corrected chi connectivity index (χ4v) is 4.60. The van der Waals surface area contributed by atoms with E-state index in [0.29, 0.717) is 52.0 Å². The molecule has 6 rings (SSSR count). The van der Waals surface area contributed by atoms with Crippen LogP contribution in [0.2, 0.25) is 0 Å². The van der Waals surface area contributed by atoms with Crippen LogP contribution < -0.4 is 16.8 Å². The standard InChI is InChI=1S/C25H22FN7O3/c1-12-5-18-19(36-25(35)29-18)9-15(12)16-6-13-7-20(28-10-17(13)24(27)23(16)26)30-21-8-14-3-4-32(2)22(34)11-33(14)31-21/h5-10H,3-4,11,27H2,1-2H3,(H,29,35)(H,28,30,31). The van der Waals surface area contributed by atoms with E-state index in [9.17, 15) is 9.59 Å². The topological polar surface area (TPSA) is 135 Å². The molecule has 36 heavy (non-hydrogen) atoms. The predicted octanol–water partition coefficient (Wildman–Crippen LogP) is 3.32. The molecule has 0 saturated heterocycles. The highest BCUT2D eigenvalue weighted by Crippen LogP contribution is 2.36. The van der Waals surface area contributed by atoms with Crippen LogP contribution in [0.1, 0.15) is 11.3 Å². The van der Waals surface area contributed by atoms with Gasteiger partial charge in [0.05, 0.1) is 11.2 Å². The van der Waals surface area contributed by atoms with Crippen LogP contribution in [0.15, 0.2) is 45.7 Å². The number of anilines is 3. The summed E-state index contributed by atoms with van der Waals surface area (Å²) in [5.74, 6) is -0.0782. The van der Waals surface area contributed by atoms with E-state index >= 15 is 4.39 Å². The minimum Gasteiger partial charge on any atom is -0.408 e. The normalized spacial score (nSPS) is 13.9. The van der Waals surface area contributed by atoms with Gasteiger partial charge in [-0.15, -0.1) is 0 Å². The summed E-state index contributed by atoms with van der Waals surface area (Å²) in [7, 11) is 1.78. The van der Waals surface area contributed by atoms with E-state index in [-0.39, 0.29) is 23.7 Å². The van der Waals surface area contributed by atoms with Crippen molar-refractivity contribution in [1.82, 2.24) is 24.6 Å². The number of fused-ring (bicyclic) bond motifs is 3. The minimum atomic E-state index is -0.574. The molecule has 0 aliphatic carbocycles. The van der Waals surface area contributed by atoms with E-state index in [0.717, 1.165) is 11.3 Å². The molecular weight excluding hydrogens is 465 g/mol. The summed E-state index contributed by atoms with van der Waals surface area (Å²) in [6.45, 7) is 2.64. The second-order valence-electron chi connectivity index (χ2n) is 8.99. The second-order valence-corrected chi connectivity index (χ2v) is 8.99. The zero-order chi connectivity index (χ0) is 25.1. The van der Waals surface area contributed by atoms with E-state index in [1.165, 1.54) is 6.20 Å². The van der Waals surface area contributed by atoms with Gasteiger partial charge in [-0.2, -0.15) is 5.10 Å². The number of aromatic nitrogens is 4. The van der Waals surface area contributed by atoms with Crippen LogP contribution in [0.3, 0.4) is 0 Å². The molecule has 1 aliphatic rings.